The molecule has 184 valence electrons. The predicted molar refractivity (Wildman–Crippen MR) is 129 cm³/mol. The van der Waals surface area contributed by atoms with Crippen LogP contribution in [0.2, 0.25) is 0 Å². The van der Waals surface area contributed by atoms with E-state index >= 15 is 0 Å². The van der Waals surface area contributed by atoms with Crippen molar-refractivity contribution in [3.63, 3.8) is 0 Å². The van der Waals surface area contributed by atoms with Gasteiger partial charge in [-0.3, -0.25) is 14.1 Å². The van der Waals surface area contributed by atoms with Crippen molar-refractivity contribution in [2.45, 2.75) is 19.5 Å². The monoisotopic (exact) mass is 504 g/mol. The van der Waals surface area contributed by atoms with E-state index in [2.05, 4.69) is 4.90 Å². The molecule has 0 aliphatic carbocycles. The van der Waals surface area contributed by atoms with Crippen molar-refractivity contribution >= 4 is 22.5 Å². The highest BCUT2D eigenvalue weighted by Gasteiger charge is 2.42. The molecule has 0 bridgehead atoms. The summed E-state index contributed by atoms with van der Waals surface area (Å²) in [5.74, 6) is -4.10. The van der Waals surface area contributed by atoms with Crippen LogP contribution in [-0.4, -0.2) is 36.5 Å². The molecule has 35 heavy (non-hydrogen) atoms. The van der Waals surface area contributed by atoms with Crippen LogP contribution in [0.1, 0.15) is 27.9 Å². The fraction of sp³-hybridized carbons (Fsp3) is 0.296. The van der Waals surface area contributed by atoms with Crippen LogP contribution in [0.3, 0.4) is 0 Å². The first-order valence-electron chi connectivity index (χ1n) is 11.3. The van der Waals surface area contributed by atoms with Crippen molar-refractivity contribution in [1.82, 2.24) is 4.90 Å². The van der Waals surface area contributed by atoms with Crippen LogP contribution >= 0.6 is 11.6 Å². The maximum Gasteiger partial charge on any atom is 0.255 e. The second kappa shape index (κ2) is 10.8. The number of halogens is 5. The van der Waals surface area contributed by atoms with Crippen LogP contribution in [0.25, 0.3) is 0 Å². The Kier molecular flexibility index (Phi) is 7.77. The third kappa shape index (κ3) is 5.68. The minimum absolute atomic E-state index is 0.00499. The van der Waals surface area contributed by atoms with Crippen molar-refractivity contribution in [2.24, 2.45) is 5.41 Å². The molecule has 1 saturated heterocycles. The molecule has 1 atom stereocenters. The van der Waals surface area contributed by atoms with E-state index in [0.717, 1.165) is 11.1 Å². The summed E-state index contributed by atoms with van der Waals surface area (Å²) in [4.78, 5) is 14.7. The summed E-state index contributed by atoms with van der Waals surface area (Å²) in [6, 6.07) is 20.2. The molecular weight excluding hydrogens is 480 g/mol. The molecule has 1 heterocycles. The molecule has 0 spiro atoms. The topological polar surface area (TPSA) is 23.6 Å². The van der Waals surface area contributed by atoms with Gasteiger partial charge in [0, 0.05) is 38.1 Å². The first kappa shape index (κ1) is 25.2. The summed E-state index contributed by atoms with van der Waals surface area (Å²) >= 11 is 5.24. The summed E-state index contributed by atoms with van der Waals surface area (Å²) in [5.41, 5.74) is -0.240. The highest BCUT2D eigenvalue weighted by atomic mass is 35.5. The Balaban J connectivity index is 1.59. The quantitative estimate of drug-likeness (QED) is 0.193. The van der Waals surface area contributed by atoms with Crippen molar-refractivity contribution < 1.29 is 22.4 Å². The van der Waals surface area contributed by atoms with E-state index in [4.69, 9.17) is 11.6 Å². The lowest BCUT2D eigenvalue weighted by Gasteiger charge is -2.34. The SMILES string of the molecule is O=C(Cl)c1cc(F)c(N2CC[C@](CF)(CN(Cc3ccccc3)Cc3ccccc3)C2)c(F)c1F. The molecule has 0 N–H and O–H groups in total. The van der Waals surface area contributed by atoms with Crippen LogP contribution in [0.4, 0.5) is 23.2 Å². The number of alkyl halides is 1. The average Bonchev–Trinajstić information content (AvgIpc) is 3.26. The first-order valence-corrected chi connectivity index (χ1v) is 11.7. The molecule has 0 unspecified atom stereocenters. The molecule has 1 aliphatic rings. The van der Waals surface area contributed by atoms with E-state index in [-0.39, 0.29) is 13.1 Å². The van der Waals surface area contributed by atoms with Crippen molar-refractivity contribution in [3.05, 3.63) is 101 Å². The Morgan fingerprint density at radius 1 is 0.943 bits per heavy atom. The summed E-state index contributed by atoms with van der Waals surface area (Å²) in [7, 11) is 0. The van der Waals surface area contributed by atoms with E-state index in [1.165, 1.54) is 4.90 Å². The minimum Gasteiger partial charge on any atom is -0.366 e. The van der Waals surface area contributed by atoms with Gasteiger partial charge in [-0.2, -0.15) is 0 Å². The van der Waals surface area contributed by atoms with Gasteiger partial charge in [-0.15, -0.1) is 0 Å². The highest BCUT2D eigenvalue weighted by Crippen LogP contribution is 2.39. The number of rotatable bonds is 9. The van der Waals surface area contributed by atoms with Crippen LogP contribution in [-0.2, 0) is 13.1 Å². The van der Waals surface area contributed by atoms with Gasteiger partial charge in [0.15, 0.2) is 17.5 Å². The van der Waals surface area contributed by atoms with E-state index in [1.54, 1.807) is 0 Å². The minimum atomic E-state index is -1.51. The molecular formula is C27H25ClF4N2O. The van der Waals surface area contributed by atoms with Crippen LogP contribution in [0.15, 0.2) is 66.7 Å². The standard InChI is InChI=1S/C27H25ClF4N2O/c28-26(35)21-13-22(30)25(24(32)23(21)31)34-12-11-27(16-29,18-34)17-33(14-19-7-3-1-4-8-19)15-20-9-5-2-6-10-20/h1-10,13H,11-12,14-18H2/t27-/m0/s1. The van der Waals surface area contributed by atoms with E-state index < -0.39 is 46.0 Å². The summed E-state index contributed by atoms with van der Waals surface area (Å²) < 4.78 is 58.4. The summed E-state index contributed by atoms with van der Waals surface area (Å²) in [6.07, 6.45) is 0.334. The molecule has 1 fully saturated rings. The van der Waals surface area contributed by atoms with Gasteiger partial charge in [-0.05, 0) is 35.2 Å². The Morgan fingerprint density at radius 2 is 1.51 bits per heavy atom. The van der Waals surface area contributed by atoms with Crippen LogP contribution in [0.5, 0.6) is 0 Å². The Morgan fingerprint density at radius 3 is 2.03 bits per heavy atom. The molecule has 4 rings (SSSR count). The molecule has 8 heteroatoms. The third-order valence-electron chi connectivity index (χ3n) is 6.44. The molecule has 1 aliphatic heterocycles. The van der Waals surface area contributed by atoms with E-state index in [9.17, 15) is 22.4 Å². The van der Waals surface area contributed by atoms with Gasteiger partial charge in [0.05, 0.1) is 12.2 Å². The molecule has 3 aromatic carbocycles. The van der Waals surface area contributed by atoms with E-state index in [1.807, 2.05) is 60.7 Å². The lowest BCUT2D eigenvalue weighted by Crippen LogP contribution is -2.41. The number of carbonyl (C=O) groups is 1. The third-order valence-corrected chi connectivity index (χ3v) is 6.64. The van der Waals surface area contributed by atoms with Crippen molar-refractivity contribution in [2.75, 3.05) is 31.2 Å². The molecule has 0 aromatic heterocycles. The fourth-order valence-electron chi connectivity index (χ4n) is 4.75. The Hall–Kier alpha value is -2.90. The number of hydrogen-bond acceptors (Lipinski definition) is 3. The Bertz CT molecular complexity index is 1140. The second-order valence-corrected chi connectivity index (χ2v) is 9.42. The fourth-order valence-corrected chi connectivity index (χ4v) is 4.89. The zero-order valence-electron chi connectivity index (χ0n) is 19.0. The highest BCUT2D eigenvalue weighted by molar-refractivity contribution is 6.67. The maximum atomic E-state index is 14.8. The number of nitrogens with zero attached hydrogens (tertiary/aromatic N) is 2. The summed E-state index contributed by atoms with van der Waals surface area (Å²) in [5, 5.41) is -1.29. The number of benzene rings is 3. The van der Waals surface area contributed by atoms with Crippen LogP contribution < -0.4 is 4.90 Å². The zero-order valence-corrected chi connectivity index (χ0v) is 19.7. The van der Waals surface area contributed by atoms with Crippen molar-refractivity contribution in [3.8, 4) is 0 Å². The second-order valence-electron chi connectivity index (χ2n) is 9.08. The van der Waals surface area contributed by atoms with Crippen LogP contribution in [0, 0.1) is 22.9 Å². The average molecular weight is 505 g/mol. The van der Waals surface area contributed by atoms with Gasteiger partial charge in [0.2, 0.25) is 0 Å². The van der Waals surface area contributed by atoms with Crippen molar-refractivity contribution in [1.29, 1.82) is 0 Å². The molecule has 0 radical (unpaired) electrons. The molecule has 0 amide bonds. The van der Waals surface area contributed by atoms with Gasteiger partial charge in [0.25, 0.3) is 5.24 Å². The number of carbonyl (C=O) groups excluding carboxylic acids is 1. The molecule has 3 aromatic rings. The smallest absolute Gasteiger partial charge is 0.255 e. The van der Waals surface area contributed by atoms with Gasteiger partial charge in [-0.25, -0.2) is 13.2 Å². The predicted octanol–water partition coefficient (Wildman–Crippen LogP) is 6.35. The van der Waals surface area contributed by atoms with Gasteiger partial charge in [-0.1, -0.05) is 60.7 Å². The number of anilines is 1. The normalized spacial score (nSPS) is 17.8. The van der Waals surface area contributed by atoms with Gasteiger partial charge >= 0.3 is 0 Å². The first-order chi connectivity index (χ1) is 16.8. The van der Waals surface area contributed by atoms with Gasteiger partial charge < -0.3 is 4.90 Å². The van der Waals surface area contributed by atoms with E-state index in [0.29, 0.717) is 32.1 Å². The molecule has 3 nitrogen and oxygen atoms in total. The number of hydrogen-bond donors (Lipinski definition) is 0. The largest absolute Gasteiger partial charge is 0.366 e. The zero-order chi connectivity index (χ0) is 25.0. The molecule has 0 saturated carbocycles. The lowest BCUT2D eigenvalue weighted by molar-refractivity contribution is 0.107. The lowest BCUT2D eigenvalue weighted by atomic mass is 9.87. The Labute approximate surface area is 206 Å². The maximum absolute atomic E-state index is 14.8. The van der Waals surface area contributed by atoms with Gasteiger partial charge in [0.1, 0.15) is 5.69 Å². The summed E-state index contributed by atoms with van der Waals surface area (Å²) in [6.45, 7) is 0.935.